The summed E-state index contributed by atoms with van der Waals surface area (Å²) in [4.78, 5) is 14.0. The van der Waals surface area contributed by atoms with Crippen molar-refractivity contribution in [1.82, 2.24) is 4.90 Å². The number of carbonyl (C=O) groups excluding carboxylic acids is 1. The second-order valence-electron chi connectivity index (χ2n) is 5.19. The van der Waals surface area contributed by atoms with Gasteiger partial charge in [0.15, 0.2) is 0 Å². The number of carbonyl (C=O) groups is 1. The first-order chi connectivity index (χ1) is 10.6. The number of halogens is 2. The summed E-state index contributed by atoms with van der Waals surface area (Å²) in [6.45, 7) is -2.22. The van der Waals surface area contributed by atoms with E-state index in [1.165, 1.54) is 12.1 Å². The lowest BCUT2D eigenvalue weighted by Gasteiger charge is -2.23. The van der Waals surface area contributed by atoms with Gasteiger partial charge in [-0.15, -0.1) is 0 Å². The van der Waals surface area contributed by atoms with Crippen LogP contribution in [0, 0.1) is 0 Å². The lowest BCUT2D eigenvalue weighted by Crippen LogP contribution is -2.37. The van der Waals surface area contributed by atoms with Crippen LogP contribution in [0.1, 0.15) is 25.7 Å². The van der Waals surface area contributed by atoms with E-state index >= 15 is 0 Å². The number of aliphatic hydroxyl groups is 1. The van der Waals surface area contributed by atoms with Crippen LogP contribution in [0.25, 0.3) is 0 Å². The second kappa shape index (κ2) is 7.93. The molecule has 0 atom stereocenters. The van der Waals surface area contributed by atoms with Gasteiger partial charge in [-0.3, -0.25) is 0 Å². The highest BCUT2D eigenvalue weighted by Crippen LogP contribution is 2.28. The number of ether oxygens (including phenoxy) is 1. The fourth-order valence-corrected chi connectivity index (χ4v) is 2.18. The maximum atomic E-state index is 12.3. The lowest BCUT2D eigenvalue weighted by molar-refractivity contribution is -0.0497. The van der Waals surface area contributed by atoms with Crippen LogP contribution in [-0.4, -0.2) is 41.8 Å². The Morgan fingerprint density at radius 3 is 2.82 bits per heavy atom. The number of hydrogen-bond acceptors (Lipinski definition) is 3. The van der Waals surface area contributed by atoms with Gasteiger partial charge in [0.2, 0.25) is 0 Å². The molecule has 1 saturated carbocycles. The fraction of sp³-hybridized carbons (Fsp3) is 0.533. The average molecular weight is 314 g/mol. The number of unbranched alkanes of at least 4 members (excludes halogenated alkanes) is 1. The number of nitrogens with zero attached hydrogens (tertiary/aromatic N) is 1. The normalized spacial score (nSPS) is 14.0. The van der Waals surface area contributed by atoms with Crippen LogP contribution in [-0.2, 0) is 0 Å². The molecule has 122 valence electrons. The minimum atomic E-state index is -2.90. The van der Waals surface area contributed by atoms with Crippen LogP contribution < -0.4 is 10.1 Å². The molecule has 1 aromatic carbocycles. The van der Waals surface area contributed by atoms with Crippen LogP contribution in [0.4, 0.5) is 19.3 Å². The fourth-order valence-electron chi connectivity index (χ4n) is 2.18. The number of benzene rings is 1. The summed E-state index contributed by atoms with van der Waals surface area (Å²) >= 11 is 0. The number of nitrogens with one attached hydrogen (secondary N) is 1. The molecule has 0 heterocycles. The van der Waals surface area contributed by atoms with Gasteiger partial charge in [-0.2, -0.15) is 8.78 Å². The first-order valence-electron chi connectivity index (χ1n) is 7.33. The number of amides is 2. The Morgan fingerprint density at radius 1 is 1.41 bits per heavy atom. The van der Waals surface area contributed by atoms with Crippen LogP contribution in [0.5, 0.6) is 5.75 Å². The molecule has 0 radical (unpaired) electrons. The van der Waals surface area contributed by atoms with Gasteiger partial charge in [-0.25, -0.2) is 4.79 Å². The summed E-state index contributed by atoms with van der Waals surface area (Å²) in [6, 6.07) is 5.91. The summed E-state index contributed by atoms with van der Waals surface area (Å²) in [7, 11) is 0. The third-order valence-corrected chi connectivity index (χ3v) is 3.37. The van der Waals surface area contributed by atoms with Gasteiger partial charge in [0.1, 0.15) is 5.75 Å². The van der Waals surface area contributed by atoms with Crippen molar-refractivity contribution in [3.05, 3.63) is 24.3 Å². The zero-order chi connectivity index (χ0) is 15.9. The molecule has 0 unspecified atom stereocenters. The number of rotatable bonds is 8. The Bertz CT molecular complexity index is 495. The van der Waals surface area contributed by atoms with Crippen molar-refractivity contribution in [2.24, 2.45) is 0 Å². The molecule has 2 N–H and O–H groups in total. The Balaban J connectivity index is 1.94. The summed E-state index contributed by atoms with van der Waals surface area (Å²) in [5.41, 5.74) is 0.413. The van der Waals surface area contributed by atoms with E-state index in [-0.39, 0.29) is 24.4 Å². The molecule has 5 nitrogen and oxygen atoms in total. The SMILES string of the molecule is O=C(Nc1cccc(OC(F)F)c1)N(CCCCO)C1CC1. The second-order valence-corrected chi connectivity index (χ2v) is 5.19. The zero-order valence-corrected chi connectivity index (χ0v) is 12.2. The van der Waals surface area contributed by atoms with Gasteiger partial charge in [0, 0.05) is 30.9 Å². The van der Waals surface area contributed by atoms with E-state index in [9.17, 15) is 13.6 Å². The van der Waals surface area contributed by atoms with E-state index in [4.69, 9.17) is 5.11 Å². The summed E-state index contributed by atoms with van der Waals surface area (Å²) in [6.07, 6.45) is 3.32. The van der Waals surface area contributed by atoms with Gasteiger partial charge in [0.05, 0.1) is 0 Å². The van der Waals surface area contributed by atoms with Crippen molar-refractivity contribution in [1.29, 1.82) is 0 Å². The third kappa shape index (κ3) is 5.14. The molecular weight excluding hydrogens is 294 g/mol. The smallest absolute Gasteiger partial charge is 0.387 e. The van der Waals surface area contributed by atoms with Crippen LogP contribution in [0.3, 0.4) is 0 Å². The van der Waals surface area contributed by atoms with Crippen LogP contribution in [0.15, 0.2) is 24.3 Å². The number of hydrogen-bond donors (Lipinski definition) is 2. The molecule has 22 heavy (non-hydrogen) atoms. The number of urea groups is 1. The molecule has 0 saturated heterocycles. The molecule has 1 aliphatic rings. The molecule has 7 heteroatoms. The highest BCUT2D eigenvalue weighted by atomic mass is 19.3. The standard InChI is InChI=1S/C15H20F2N2O3/c16-14(17)22-13-5-3-4-11(10-13)18-15(21)19(12-6-7-12)8-1-2-9-20/h3-5,10,12,14,20H,1-2,6-9H2,(H,18,21). The topological polar surface area (TPSA) is 61.8 Å². The van der Waals surface area contributed by atoms with Gasteiger partial charge in [-0.05, 0) is 37.8 Å². The maximum Gasteiger partial charge on any atom is 0.387 e. The molecule has 0 spiro atoms. The molecular formula is C15H20F2N2O3. The number of aliphatic hydroxyl groups excluding tert-OH is 1. The quantitative estimate of drug-likeness (QED) is 0.725. The molecule has 0 aromatic heterocycles. The Labute approximate surface area is 127 Å². The first-order valence-corrected chi connectivity index (χ1v) is 7.33. The minimum Gasteiger partial charge on any atom is -0.435 e. The Hall–Kier alpha value is -1.89. The molecule has 0 bridgehead atoms. The van der Waals surface area contributed by atoms with E-state index in [1.54, 1.807) is 17.0 Å². The number of alkyl halides is 2. The predicted octanol–water partition coefficient (Wildman–Crippen LogP) is 3.06. The Kier molecular flexibility index (Phi) is 5.94. The first kappa shape index (κ1) is 16.5. The average Bonchev–Trinajstić information content (AvgIpc) is 3.27. The largest absolute Gasteiger partial charge is 0.435 e. The van der Waals surface area contributed by atoms with Gasteiger partial charge >= 0.3 is 12.6 Å². The summed E-state index contributed by atoms with van der Waals surface area (Å²) < 4.78 is 28.7. The van der Waals surface area contributed by atoms with E-state index < -0.39 is 6.61 Å². The lowest BCUT2D eigenvalue weighted by atomic mass is 10.3. The molecule has 2 rings (SSSR count). The van der Waals surface area contributed by atoms with Crippen LogP contribution >= 0.6 is 0 Å². The van der Waals surface area contributed by atoms with Crippen molar-refractivity contribution in [2.75, 3.05) is 18.5 Å². The van der Waals surface area contributed by atoms with Crippen molar-refractivity contribution >= 4 is 11.7 Å². The molecule has 1 aromatic rings. The zero-order valence-electron chi connectivity index (χ0n) is 12.2. The molecule has 1 fully saturated rings. The summed E-state index contributed by atoms with van der Waals surface area (Å²) in [5, 5.41) is 11.5. The van der Waals surface area contributed by atoms with Crippen molar-refractivity contribution in [3.63, 3.8) is 0 Å². The highest BCUT2D eigenvalue weighted by molar-refractivity contribution is 5.90. The van der Waals surface area contributed by atoms with E-state index in [2.05, 4.69) is 10.1 Å². The van der Waals surface area contributed by atoms with E-state index in [1.807, 2.05) is 0 Å². The highest BCUT2D eigenvalue weighted by Gasteiger charge is 2.32. The number of anilines is 1. The van der Waals surface area contributed by atoms with Gasteiger partial charge < -0.3 is 20.1 Å². The van der Waals surface area contributed by atoms with E-state index in [0.717, 1.165) is 19.3 Å². The van der Waals surface area contributed by atoms with Crippen molar-refractivity contribution < 1.29 is 23.4 Å². The Morgan fingerprint density at radius 2 is 2.18 bits per heavy atom. The minimum absolute atomic E-state index is 0.00560. The monoisotopic (exact) mass is 314 g/mol. The molecule has 2 amide bonds. The maximum absolute atomic E-state index is 12.3. The van der Waals surface area contributed by atoms with Gasteiger partial charge in [0.25, 0.3) is 0 Å². The van der Waals surface area contributed by atoms with Crippen molar-refractivity contribution in [3.8, 4) is 5.75 Å². The summed E-state index contributed by atoms with van der Waals surface area (Å²) in [5.74, 6) is 0.00560. The van der Waals surface area contributed by atoms with Crippen molar-refractivity contribution in [2.45, 2.75) is 38.3 Å². The van der Waals surface area contributed by atoms with Gasteiger partial charge in [-0.1, -0.05) is 6.07 Å². The van der Waals surface area contributed by atoms with Crippen LogP contribution in [0.2, 0.25) is 0 Å². The molecule has 1 aliphatic carbocycles. The predicted molar refractivity (Wildman–Crippen MR) is 78.1 cm³/mol. The molecule has 0 aliphatic heterocycles. The third-order valence-electron chi connectivity index (χ3n) is 3.37. The van der Waals surface area contributed by atoms with E-state index in [0.29, 0.717) is 18.7 Å².